The van der Waals surface area contributed by atoms with E-state index in [0.717, 1.165) is 16.8 Å². The van der Waals surface area contributed by atoms with E-state index in [-0.39, 0.29) is 62.4 Å². The minimum atomic E-state index is -4.94. The molecule has 2 fully saturated rings. The van der Waals surface area contributed by atoms with Crippen LogP contribution in [0.4, 0.5) is 30.7 Å². The van der Waals surface area contributed by atoms with Crippen molar-refractivity contribution >= 4 is 11.9 Å². The van der Waals surface area contributed by atoms with Crippen molar-refractivity contribution in [3.63, 3.8) is 0 Å². The lowest BCUT2D eigenvalue weighted by atomic mass is 9.87. The molecule has 1 aromatic heterocycles. The van der Waals surface area contributed by atoms with Crippen molar-refractivity contribution in [2.75, 3.05) is 19.6 Å². The quantitative estimate of drug-likeness (QED) is 0.144. The number of alkyl halides is 5. The molecule has 54 heavy (non-hydrogen) atoms. The number of pyridine rings is 1. The number of halogens is 7. The van der Waals surface area contributed by atoms with Gasteiger partial charge in [0.1, 0.15) is 17.7 Å². The summed E-state index contributed by atoms with van der Waals surface area (Å²) in [6, 6.07) is 3.29. The highest BCUT2D eigenvalue weighted by Gasteiger charge is 2.57. The van der Waals surface area contributed by atoms with E-state index in [4.69, 9.17) is 6.42 Å². The number of hydrogen-bond donors (Lipinski definition) is 2. The Labute approximate surface area is 308 Å². The Kier molecular flexibility index (Phi) is 11.7. The monoisotopic (exact) mass is 761 g/mol. The number of terminal acetylenes is 1. The Hall–Kier alpha value is -4.64. The van der Waals surface area contributed by atoms with Crippen LogP contribution in [0.25, 0.3) is 11.1 Å². The number of carboxylic acids is 1. The summed E-state index contributed by atoms with van der Waals surface area (Å²) in [5, 5.41) is 12.2. The molecule has 3 aromatic rings. The van der Waals surface area contributed by atoms with Gasteiger partial charge in [0.25, 0.3) is 11.5 Å². The maximum absolute atomic E-state index is 16.5. The van der Waals surface area contributed by atoms with Gasteiger partial charge in [-0.15, -0.1) is 6.42 Å². The van der Waals surface area contributed by atoms with Crippen molar-refractivity contribution in [2.45, 2.75) is 89.9 Å². The second kappa shape index (κ2) is 15.6. The fourth-order valence-electron chi connectivity index (χ4n) is 7.54. The molecule has 2 N–H and O–H groups in total. The summed E-state index contributed by atoms with van der Waals surface area (Å²) < 4.78 is 104. The molecule has 14 heteroatoms. The maximum Gasteiger partial charge on any atom is 0.416 e. The molecule has 0 unspecified atom stereocenters. The van der Waals surface area contributed by atoms with E-state index in [1.807, 2.05) is 0 Å². The number of carbonyl (C=O) groups is 2. The van der Waals surface area contributed by atoms with Crippen LogP contribution in [0.2, 0.25) is 0 Å². The lowest BCUT2D eigenvalue weighted by molar-refractivity contribution is -0.139. The maximum atomic E-state index is 16.5. The lowest BCUT2D eigenvalue weighted by Gasteiger charge is -2.34. The number of piperidine rings is 1. The summed E-state index contributed by atoms with van der Waals surface area (Å²) in [6.07, 6.45) is 0.625. The zero-order valence-corrected chi connectivity index (χ0v) is 30.3. The Morgan fingerprint density at radius 1 is 1.07 bits per heavy atom. The number of aryl methyl sites for hydroxylation is 2. The number of rotatable bonds is 12. The van der Waals surface area contributed by atoms with Gasteiger partial charge in [0.2, 0.25) is 5.91 Å². The summed E-state index contributed by atoms with van der Waals surface area (Å²) in [5.74, 6) is -7.48. The van der Waals surface area contributed by atoms with E-state index in [9.17, 15) is 41.4 Å². The van der Waals surface area contributed by atoms with Crippen LogP contribution in [-0.4, -0.2) is 52.0 Å². The highest BCUT2D eigenvalue weighted by Crippen LogP contribution is 2.49. The van der Waals surface area contributed by atoms with E-state index in [0.29, 0.717) is 22.8 Å². The zero-order valence-electron chi connectivity index (χ0n) is 30.3. The van der Waals surface area contributed by atoms with Crippen LogP contribution in [0, 0.1) is 49.7 Å². The number of hydrogen-bond acceptors (Lipinski definition) is 4. The number of likely N-dealkylation sites (tertiary alicyclic amines) is 1. The second-order valence-electron chi connectivity index (χ2n) is 14.9. The third-order valence-corrected chi connectivity index (χ3v) is 10.4. The molecule has 1 aliphatic carbocycles. The molecule has 1 saturated heterocycles. The van der Waals surface area contributed by atoms with Crippen molar-refractivity contribution in [1.29, 1.82) is 0 Å². The SMILES string of the molecule is C#Cc1cc(-c2c(C)cccc2C)c(F)c([C@H](CC(=O)O)NC(=O)[C@@H](CC(C)C)n2cc(C3CCN(C[C@H]4CC4(F)F)CC3)c(C(F)(F)F)cc2=O)c1F. The topological polar surface area (TPSA) is 91.6 Å². The largest absolute Gasteiger partial charge is 0.481 e. The Bertz CT molecular complexity index is 2010. The first kappa shape index (κ1) is 40.5. The van der Waals surface area contributed by atoms with E-state index >= 15 is 8.78 Å². The Balaban J connectivity index is 1.55. The number of nitrogens with zero attached hydrogens (tertiary/aromatic N) is 2. The average Bonchev–Trinajstić information content (AvgIpc) is 3.68. The van der Waals surface area contributed by atoms with Crippen molar-refractivity contribution < 1.29 is 45.4 Å². The first-order chi connectivity index (χ1) is 25.2. The van der Waals surface area contributed by atoms with Crippen LogP contribution in [0.5, 0.6) is 0 Å². The van der Waals surface area contributed by atoms with Gasteiger partial charge in [-0.2, -0.15) is 13.2 Å². The number of nitrogens with one attached hydrogen (secondary N) is 1. The summed E-state index contributed by atoms with van der Waals surface area (Å²) in [6.45, 7) is 7.39. The van der Waals surface area contributed by atoms with Gasteiger partial charge < -0.3 is 19.9 Å². The normalized spacial score (nSPS) is 18.6. The van der Waals surface area contributed by atoms with E-state index in [1.54, 1.807) is 50.8 Å². The first-order valence-corrected chi connectivity index (χ1v) is 17.7. The highest BCUT2D eigenvalue weighted by molar-refractivity contribution is 5.82. The Morgan fingerprint density at radius 2 is 1.69 bits per heavy atom. The Morgan fingerprint density at radius 3 is 2.20 bits per heavy atom. The smallest absolute Gasteiger partial charge is 0.416 e. The molecule has 2 aliphatic rings. The van der Waals surface area contributed by atoms with Gasteiger partial charge in [0, 0.05) is 42.3 Å². The van der Waals surface area contributed by atoms with Crippen LogP contribution in [-0.2, 0) is 15.8 Å². The molecule has 2 heterocycles. The number of aliphatic carboxylic acids is 1. The molecule has 1 aliphatic heterocycles. The van der Waals surface area contributed by atoms with Gasteiger partial charge >= 0.3 is 12.1 Å². The van der Waals surface area contributed by atoms with Gasteiger partial charge in [-0.25, -0.2) is 17.6 Å². The third kappa shape index (κ3) is 8.67. The van der Waals surface area contributed by atoms with Gasteiger partial charge in [0.15, 0.2) is 0 Å². The average molecular weight is 762 g/mol. The number of carbonyl (C=O) groups excluding carboxylic acids is 1. The standard InChI is InChI=1S/C40H42F7N3O4/c1-6-24-15-27(34-22(4)8-7-9-23(34)5)37(42)35(36(24)41)30(17-33(52)53)48-38(54)31(14-21(2)3)50-20-28(29(16-32(50)51)40(45,46)47)25-10-12-49(13-11-25)19-26-18-39(26,43)44/h1,7-9,15-16,20-21,25-26,30-31H,10-14,17-19H2,2-5H3,(H,48,54)(H,52,53)/t26-,30+,31-/m1/s1. The highest BCUT2D eigenvalue weighted by atomic mass is 19.4. The molecule has 1 amide bonds. The van der Waals surface area contributed by atoms with Crippen molar-refractivity contribution in [3.05, 3.63) is 91.9 Å². The first-order valence-electron chi connectivity index (χ1n) is 17.7. The van der Waals surface area contributed by atoms with Gasteiger partial charge in [-0.1, -0.05) is 38.0 Å². The summed E-state index contributed by atoms with van der Waals surface area (Å²) in [5.41, 5.74) is -2.34. The molecule has 290 valence electrons. The van der Waals surface area contributed by atoms with E-state index in [2.05, 4.69) is 11.2 Å². The summed E-state index contributed by atoms with van der Waals surface area (Å²) >= 11 is 0. The molecule has 1 saturated carbocycles. The van der Waals surface area contributed by atoms with Crippen molar-refractivity contribution in [1.82, 2.24) is 14.8 Å². The van der Waals surface area contributed by atoms with Crippen LogP contribution in [0.3, 0.4) is 0 Å². The second-order valence-corrected chi connectivity index (χ2v) is 14.9. The van der Waals surface area contributed by atoms with Gasteiger partial charge in [-0.05, 0) is 86.4 Å². The summed E-state index contributed by atoms with van der Waals surface area (Å²) in [7, 11) is 0. The molecule has 0 radical (unpaired) electrons. The van der Waals surface area contributed by atoms with Crippen molar-refractivity contribution in [2.24, 2.45) is 11.8 Å². The molecule has 0 spiro atoms. The number of amides is 1. The predicted octanol–water partition coefficient (Wildman–Crippen LogP) is 8.16. The number of aromatic nitrogens is 1. The van der Waals surface area contributed by atoms with Crippen LogP contribution in [0.1, 0.15) is 97.3 Å². The van der Waals surface area contributed by atoms with Crippen molar-refractivity contribution in [3.8, 4) is 23.5 Å². The number of carboxylic acid groups (broad SMARTS) is 1. The fourth-order valence-corrected chi connectivity index (χ4v) is 7.54. The minimum absolute atomic E-state index is 0.118. The predicted molar refractivity (Wildman–Crippen MR) is 188 cm³/mol. The van der Waals surface area contributed by atoms with Crippen LogP contribution in [0.15, 0.2) is 41.3 Å². The van der Waals surface area contributed by atoms with Crippen LogP contribution < -0.4 is 10.9 Å². The molecule has 7 nitrogen and oxygen atoms in total. The molecule has 0 bridgehead atoms. The molecular weight excluding hydrogens is 719 g/mol. The van der Waals surface area contributed by atoms with Gasteiger partial charge in [0.05, 0.1) is 23.6 Å². The molecule has 3 atom stereocenters. The summed E-state index contributed by atoms with van der Waals surface area (Å²) in [4.78, 5) is 41.5. The fraction of sp³-hybridized carbons (Fsp3) is 0.475. The third-order valence-electron chi connectivity index (χ3n) is 10.4. The van der Waals surface area contributed by atoms with E-state index < -0.39 is 88.2 Å². The molecular formula is C40H42F7N3O4. The van der Waals surface area contributed by atoms with Crippen LogP contribution >= 0.6 is 0 Å². The lowest BCUT2D eigenvalue weighted by Crippen LogP contribution is -2.41. The molecule has 5 rings (SSSR count). The zero-order chi connectivity index (χ0) is 39.9. The molecule has 2 aromatic carbocycles. The minimum Gasteiger partial charge on any atom is -0.481 e. The van der Waals surface area contributed by atoms with Gasteiger partial charge in [-0.3, -0.25) is 14.4 Å². The number of benzene rings is 2. The van der Waals surface area contributed by atoms with E-state index in [1.165, 1.54) is 0 Å².